The molecule has 0 spiro atoms. The fourth-order valence-electron chi connectivity index (χ4n) is 3.63. The second-order valence-electron chi connectivity index (χ2n) is 6.42. The predicted octanol–water partition coefficient (Wildman–Crippen LogP) is 3.87. The van der Waals surface area contributed by atoms with Crippen molar-refractivity contribution in [2.24, 2.45) is 0 Å². The molecule has 1 aromatic carbocycles. The van der Waals surface area contributed by atoms with Gasteiger partial charge in [-0.15, -0.1) is 0 Å². The van der Waals surface area contributed by atoms with Crippen molar-refractivity contribution < 1.29 is 19.4 Å². The van der Waals surface area contributed by atoms with E-state index in [1.165, 1.54) is 0 Å². The molecule has 4 nitrogen and oxygen atoms in total. The van der Waals surface area contributed by atoms with Crippen molar-refractivity contribution in [1.29, 1.82) is 0 Å². The lowest BCUT2D eigenvalue weighted by atomic mass is 9.69. The molecule has 2 aliphatic rings. The van der Waals surface area contributed by atoms with Gasteiger partial charge in [0.1, 0.15) is 6.10 Å². The third-order valence-corrected chi connectivity index (χ3v) is 6.15. The Balaban J connectivity index is 1.89. The molecule has 0 radical (unpaired) electrons. The Hall–Kier alpha value is -1.36. The Bertz CT molecular complexity index is 560. The van der Waals surface area contributed by atoms with Gasteiger partial charge in [0.25, 0.3) is 0 Å². The Morgan fingerprint density at radius 1 is 1.26 bits per heavy atom. The topological polar surface area (TPSA) is 55.8 Å². The van der Waals surface area contributed by atoms with Crippen molar-refractivity contribution in [3.63, 3.8) is 0 Å². The number of carboxylic acid groups (broad SMARTS) is 1. The lowest BCUT2D eigenvalue weighted by molar-refractivity contribution is -0.145. The highest BCUT2D eigenvalue weighted by atomic mass is 32.2. The number of thioether (sulfide) groups is 1. The number of aliphatic carboxylic acids is 1. The van der Waals surface area contributed by atoms with Crippen LogP contribution in [0.15, 0.2) is 18.2 Å². The summed E-state index contributed by atoms with van der Waals surface area (Å²) in [6.45, 7) is 0. The number of carboxylic acids is 1. The predicted molar refractivity (Wildman–Crippen MR) is 91.8 cm³/mol. The van der Waals surface area contributed by atoms with Crippen molar-refractivity contribution in [1.82, 2.24) is 0 Å². The number of methoxy groups -OCH3 is 1. The van der Waals surface area contributed by atoms with Crippen molar-refractivity contribution in [2.45, 2.75) is 50.0 Å². The van der Waals surface area contributed by atoms with Gasteiger partial charge in [-0.05, 0) is 42.7 Å². The molecule has 1 N–H and O–H groups in total. The summed E-state index contributed by atoms with van der Waals surface area (Å²) in [5.41, 5.74) is 0.0717. The van der Waals surface area contributed by atoms with Gasteiger partial charge in [0.2, 0.25) is 0 Å². The first-order valence-corrected chi connectivity index (χ1v) is 9.47. The lowest BCUT2D eigenvalue weighted by Gasteiger charge is -2.34. The standard InChI is InChI=1S/C18H24O4S/c1-21-16-11-13(18(17(19)20)8-3-2-4-9-18)5-6-15(16)22-14-7-10-23-12-14/h5-6,11,14H,2-4,7-10,12H2,1H3,(H,19,20). The second kappa shape index (κ2) is 7.04. The van der Waals surface area contributed by atoms with Crippen LogP contribution >= 0.6 is 11.8 Å². The first kappa shape index (κ1) is 16.5. The third kappa shape index (κ3) is 3.30. The van der Waals surface area contributed by atoms with Crippen LogP contribution in [0.2, 0.25) is 0 Å². The molecule has 1 atom stereocenters. The van der Waals surface area contributed by atoms with Crippen molar-refractivity contribution >= 4 is 17.7 Å². The average Bonchev–Trinajstić information content (AvgIpc) is 3.08. The molecule has 3 rings (SSSR count). The van der Waals surface area contributed by atoms with Gasteiger partial charge >= 0.3 is 5.97 Å². The summed E-state index contributed by atoms with van der Waals surface area (Å²) in [5.74, 6) is 2.78. The highest BCUT2D eigenvalue weighted by Crippen LogP contribution is 2.43. The highest BCUT2D eigenvalue weighted by molar-refractivity contribution is 7.99. The summed E-state index contributed by atoms with van der Waals surface area (Å²) in [6, 6.07) is 5.67. The molecule has 23 heavy (non-hydrogen) atoms. The minimum Gasteiger partial charge on any atom is -0.493 e. The number of hydrogen-bond acceptors (Lipinski definition) is 4. The van der Waals surface area contributed by atoms with Gasteiger partial charge < -0.3 is 14.6 Å². The average molecular weight is 336 g/mol. The molecule has 1 aliphatic heterocycles. The number of hydrogen-bond donors (Lipinski definition) is 1. The molecule has 2 fully saturated rings. The monoisotopic (exact) mass is 336 g/mol. The summed E-state index contributed by atoms with van der Waals surface area (Å²) in [6.07, 6.45) is 5.72. The molecule has 5 heteroatoms. The summed E-state index contributed by atoms with van der Waals surface area (Å²) in [7, 11) is 1.61. The molecule has 126 valence electrons. The zero-order chi connectivity index (χ0) is 16.3. The molecule has 0 bridgehead atoms. The summed E-state index contributed by atoms with van der Waals surface area (Å²) in [4.78, 5) is 12.0. The van der Waals surface area contributed by atoms with Crippen LogP contribution in [0, 0.1) is 0 Å². The van der Waals surface area contributed by atoms with Crippen molar-refractivity contribution in [3.8, 4) is 11.5 Å². The van der Waals surface area contributed by atoms with E-state index in [0.717, 1.165) is 48.5 Å². The van der Waals surface area contributed by atoms with Gasteiger partial charge in [-0.25, -0.2) is 0 Å². The third-order valence-electron chi connectivity index (χ3n) is 5.01. The molecular formula is C18H24O4S. The first-order chi connectivity index (χ1) is 11.2. The Morgan fingerprint density at radius 3 is 2.65 bits per heavy atom. The molecule has 0 amide bonds. The maximum absolute atomic E-state index is 12.0. The van der Waals surface area contributed by atoms with Crippen LogP contribution in [-0.4, -0.2) is 35.8 Å². The fourth-order valence-corrected chi connectivity index (χ4v) is 4.72. The van der Waals surface area contributed by atoms with Crippen LogP contribution in [0.3, 0.4) is 0 Å². The van der Waals surface area contributed by atoms with Gasteiger partial charge in [0, 0.05) is 5.75 Å². The van der Waals surface area contributed by atoms with Gasteiger partial charge in [-0.3, -0.25) is 4.79 Å². The van der Waals surface area contributed by atoms with Gasteiger partial charge in [0.15, 0.2) is 11.5 Å². The number of carbonyl (C=O) groups is 1. The number of ether oxygens (including phenoxy) is 2. The quantitative estimate of drug-likeness (QED) is 0.885. The summed E-state index contributed by atoms with van der Waals surface area (Å²) in [5, 5.41) is 9.83. The largest absolute Gasteiger partial charge is 0.493 e. The van der Waals surface area contributed by atoms with E-state index in [1.54, 1.807) is 7.11 Å². The van der Waals surface area contributed by atoms with E-state index in [0.29, 0.717) is 18.6 Å². The van der Waals surface area contributed by atoms with E-state index in [2.05, 4.69) is 0 Å². The van der Waals surface area contributed by atoms with E-state index < -0.39 is 11.4 Å². The van der Waals surface area contributed by atoms with Gasteiger partial charge in [-0.1, -0.05) is 25.3 Å². The molecule has 1 unspecified atom stereocenters. The normalized spacial score (nSPS) is 23.4. The lowest BCUT2D eigenvalue weighted by Crippen LogP contribution is -2.37. The zero-order valence-electron chi connectivity index (χ0n) is 13.5. The van der Waals surface area contributed by atoms with Crippen LogP contribution in [-0.2, 0) is 10.2 Å². The summed E-state index contributed by atoms with van der Waals surface area (Å²) >= 11 is 1.90. The number of rotatable bonds is 5. The molecule has 1 saturated carbocycles. The molecule has 1 aromatic rings. The summed E-state index contributed by atoms with van der Waals surface area (Å²) < 4.78 is 11.5. The maximum Gasteiger partial charge on any atom is 0.314 e. The number of benzene rings is 1. The first-order valence-electron chi connectivity index (χ1n) is 8.32. The molecule has 1 saturated heterocycles. The van der Waals surface area contributed by atoms with Crippen LogP contribution in [0.1, 0.15) is 44.1 Å². The molecular weight excluding hydrogens is 312 g/mol. The Kier molecular flexibility index (Phi) is 5.05. The maximum atomic E-state index is 12.0. The van der Waals surface area contributed by atoms with Gasteiger partial charge in [-0.2, -0.15) is 11.8 Å². The Morgan fingerprint density at radius 2 is 2.04 bits per heavy atom. The highest BCUT2D eigenvalue weighted by Gasteiger charge is 2.41. The van der Waals surface area contributed by atoms with E-state index in [1.807, 2.05) is 30.0 Å². The fraction of sp³-hybridized carbons (Fsp3) is 0.611. The van der Waals surface area contributed by atoms with Crippen LogP contribution in [0.25, 0.3) is 0 Å². The van der Waals surface area contributed by atoms with E-state index >= 15 is 0 Å². The SMILES string of the molecule is COc1cc(C2(C(=O)O)CCCCC2)ccc1OC1CCSC1. The van der Waals surface area contributed by atoms with E-state index in [-0.39, 0.29) is 6.10 Å². The van der Waals surface area contributed by atoms with Crippen molar-refractivity contribution in [2.75, 3.05) is 18.6 Å². The van der Waals surface area contributed by atoms with E-state index in [9.17, 15) is 9.90 Å². The van der Waals surface area contributed by atoms with Crippen LogP contribution < -0.4 is 9.47 Å². The van der Waals surface area contributed by atoms with Crippen LogP contribution in [0.4, 0.5) is 0 Å². The molecule has 1 heterocycles. The second-order valence-corrected chi connectivity index (χ2v) is 7.57. The minimum absolute atomic E-state index is 0.225. The molecule has 0 aromatic heterocycles. The Labute approximate surface area is 141 Å². The van der Waals surface area contributed by atoms with Gasteiger partial charge in [0.05, 0.1) is 12.5 Å². The molecule has 1 aliphatic carbocycles. The van der Waals surface area contributed by atoms with Crippen molar-refractivity contribution in [3.05, 3.63) is 23.8 Å². The van der Waals surface area contributed by atoms with E-state index in [4.69, 9.17) is 9.47 Å². The zero-order valence-corrected chi connectivity index (χ0v) is 14.4. The minimum atomic E-state index is -0.771. The van der Waals surface area contributed by atoms with Crippen LogP contribution in [0.5, 0.6) is 11.5 Å². The smallest absolute Gasteiger partial charge is 0.314 e.